The Hall–Kier alpha value is -3.11. The van der Waals surface area contributed by atoms with Gasteiger partial charge in [0.25, 0.3) is 0 Å². The van der Waals surface area contributed by atoms with Gasteiger partial charge in [0.1, 0.15) is 28.5 Å². The Bertz CT molecular complexity index is 1200. The predicted octanol–water partition coefficient (Wildman–Crippen LogP) is 6.13. The van der Waals surface area contributed by atoms with Crippen LogP contribution in [0.2, 0.25) is 5.02 Å². The minimum atomic E-state index is -4.41. The number of alkyl halides is 3. The maximum Gasteiger partial charge on any atom is 0.422 e. The number of anilines is 1. The number of nitrogens with zero attached hydrogens (tertiary/aromatic N) is 3. The highest BCUT2D eigenvalue weighted by Gasteiger charge is 2.28. The Morgan fingerprint density at radius 3 is 2.62 bits per heavy atom. The molecule has 4 aromatic rings. The Morgan fingerprint density at radius 2 is 1.84 bits per heavy atom. The Kier molecular flexibility index (Phi) is 6.61. The van der Waals surface area contributed by atoms with Crippen molar-refractivity contribution in [2.24, 2.45) is 0 Å². The van der Waals surface area contributed by atoms with Crippen LogP contribution < -0.4 is 14.8 Å². The third-order valence-electron chi connectivity index (χ3n) is 4.29. The molecule has 0 unspecified atom stereocenters. The number of halogens is 4. The number of pyridine rings is 1. The van der Waals surface area contributed by atoms with Gasteiger partial charge in [0, 0.05) is 24.2 Å². The monoisotopic (exact) mass is 480 g/mol. The number of benzene rings is 1. The number of hydrogen-bond acceptors (Lipinski definition) is 7. The quantitative estimate of drug-likeness (QED) is 0.327. The fourth-order valence-electron chi connectivity index (χ4n) is 2.85. The van der Waals surface area contributed by atoms with Gasteiger partial charge in [0.15, 0.2) is 6.61 Å². The van der Waals surface area contributed by atoms with Crippen LogP contribution in [0.15, 0.2) is 54.3 Å². The lowest BCUT2D eigenvalue weighted by atomic mass is 10.1. The summed E-state index contributed by atoms with van der Waals surface area (Å²) >= 11 is 7.68. The van der Waals surface area contributed by atoms with Gasteiger partial charge in [-0.3, -0.25) is 0 Å². The van der Waals surface area contributed by atoms with Gasteiger partial charge in [0.2, 0.25) is 5.88 Å². The van der Waals surface area contributed by atoms with Crippen molar-refractivity contribution in [1.82, 2.24) is 15.0 Å². The van der Waals surface area contributed by atoms with E-state index in [1.807, 2.05) is 17.5 Å². The third-order valence-corrected chi connectivity index (χ3v) is 5.60. The summed E-state index contributed by atoms with van der Waals surface area (Å²) in [5, 5.41) is 6.55. The summed E-state index contributed by atoms with van der Waals surface area (Å²) in [6.45, 7) is -0.739. The summed E-state index contributed by atoms with van der Waals surface area (Å²) in [6.07, 6.45) is -0.858. The summed E-state index contributed by atoms with van der Waals surface area (Å²) in [7, 11) is 0. The molecule has 0 aliphatic carbocycles. The van der Waals surface area contributed by atoms with Crippen LogP contribution in [0.3, 0.4) is 0 Å². The van der Waals surface area contributed by atoms with Crippen molar-refractivity contribution in [3.05, 3.63) is 64.9 Å². The van der Waals surface area contributed by atoms with E-state index in [1.54, 1.807) is 12.1 Å². The molecule has 0 spiro atoms. The first-order valence-corrected chi connectivity index (χ1v) is 10.7. The van der Waals surface area contributed by atoms with Crippen LogP contribution >= 0.6 is 22.9 Å². The molecule has 3 heterocycles. The normalized spacial score (nSPS) is 11.5. The van der Waals surface area contributed by atoms with Crippen LogP contribution in [0.4, 0.5) is 19.0 Å². The lowest BCUT2D eigenvalue weighted by Gasteiger charge is -2.11. The molecule has 0 atom stereocenters. The van der Waals surface area contributed by atoms with Crippen molar-refractivity contribution in [3.63, 3.8) is 0 Å². The van der Waals surface area contributed by atoms with Crippen molar-refractivity contribution >= 4 is 39.0 Å². The third kappa shape index (κ3) is 5.77. The van der Waals surface area contributed by atoms with Gasteiger partial charge in [-0.2, -0.15) is 13.2 Å². The highest BCUT2D eigenvalue weighted by atomic mass is 35.5. The molecule has 0 saturated heterocycles. The number of rotatable bonds is 8. The average Bonchev–Trinajstić information content (AvgIpc) is 3.15. The van der Waals surface area contributed by atoms with Gasteiger partial charge in [-0.25, -0.2) is 15.0 Å². The minimum absolute atomic E-state index is 0.0274. The summed E-state index contributed by atoms with van der Waals surface area (Å²) in [5.41, 5.74) is 1.06. The van der Waals surface area contributed by atoms with E-state index in [1.165, 1.54) is 36.0 Å². The molecule has 0 bridgehead atoms. The number of thiophene rings is 1. The molecule has 0 radical (unpaired) electrons. The van der Waals surface area contributed by atoms with Gasteiger partial charge in [-0.15, -0.1) is 11.3 Å². The number of hydrogen-bond donors (Lipinski definition) is 1. The molecule has 166 valence electrons. The van der Waals surface area contributed by atoms with Crippen LogP contribution in [0, 0.1) is 0 Å². The average molecular weight is 481 g/mol. The Labute approximate surface area is 190 Å². The lowest BCUT2D eigenvalue weighted by molar-refractivity contribution is -0.153. The Morgan fingerprint density at radius 1 is 1.03 bits per heavy atom. The molecule has 32 heavy (non-hydrogen) atoms. The molecule has 1 aromatic carbocycles. The predicted molar refractivity (Wildman–Crippen MR) is 117 cm³/mol. The van der Waals surface area contributed by atoms with E-state index in [0.29, 0.717) is 23.1 Å². The molecule has 0 aliphatic heterocycles. The van der Waals surface area contributed by atoms with Crippen LogP contribution in [0.25, 0.3) is 10.2 Å². The van der Waals surface area contributed by atoms with Crippen molar-refractivity contribution < 1.29 is 22.6 Å². The minimum Gasteiger partial charge on any atom is -0.484 e. The summed E-state index contributed by atoms with van der Waals surface area (Å²) in [5.74, 6) is 1.36. The van der Waals surface area contributed by atoms with Crippen LogP contribution in [-0.4, -0.2) is 34.3 Å². The summed E-state index contributed by atoms with van der Waals surface area (Å²) < 4.78 is 47.2. The zero-order valence-corrected chi connectivity index (χ0v) is 18.0. The van der Waals surface area contributed by atoms with Gasteiger partial charge in [0.05, 0.1) is 10.4 Å². The highest BCUT2D eigenvalue weighted by molar-refractivity contribution is 7.17. The van der Waals surface area contributed by atoms with E-state index in [-0.39, 0.29) is 11.6 Å². The van der Waals surface area contributed by atoms with E-state index < -0.39 is 12.8 Å². The maximum atomic E-state index is 12.3. The first-order valence-electron chi connectivity index (χ1n) is 9.41. The van der Waals surface area contributed by atoms with Crippen LogP contribution in [0.5, 0.6) is 17.4 Å². The number of aromatic nitrogens is 3. The standard InChI is InChI=1S/C21H16ClF3N4O2S/c22-16-10-32-20-18(16)19(28-12-29-20)27-7-5-13-1-3-14(4-2-13)31-17-9-15(6-8-26-17)30-11-21(23,24)25/h1-4,6,8-10,12H,5,7,11H2,(H,27,28,29). The molecular weight excluding hydrogens is 465 g/mol. The number of ether oxygens (including phenoxy) is 2. The van der Waals surface area contributed by atoms with Gasteiger partial charge >= 0.3 is 6.18 Å². The molecule has 11 heteroatoms. The molecule has 4 rings (SSSR count). The van der Waals surface area contributed by atoms with Gasteiger partial charge < -0.3 is 14.8 Å². The fraction of sp³-hybridized carbons (Fsp3) is 0.190. The van der Waals surface area contributed by atoms with Crippen molar-refractivity contribution in [3.8, 4) is 17.4 Å². The molecule has 0 amide bonds. The van der Waals surface area contributed by atoms with E-state index in [2.05, 4.69) is 20.3 Å². The maximum absolute atomic E-state index is 12.3. The SMILES string of the molecule is FC(F)(F)COc1ccnc(Oc2ccc(CCNc3ncnc4scc(Cl)c34)cc2)c1. The first kappa shape index (κ1) is 22.1. The molecule has 6 nitrogen and oxygen atoms in total. The largest absolute Gasteiger partial charge is 0.484 e. The van der Waals surface area contributed by atoms with Gasteiger partial charge in [-0.05, 0) is 30.2 Å². The molecule has 3 aromatic heterocycles. The number of nitrogens with one attached hydrogen (secondary N) is 1. The molecular formula is C21H16ClF3N4O2S. The van der Waals surface area contributed by atoms with Crippen molar-refractivity contribution in [1.29, 1.82) is 0 Å². The first-order chi connectivity index (χ1) is 15.4. The van der Waals surface area contributed by atoms with Crippen LogP contribution in [-0.2, 0) is 6.42 Å². The van der Waals surface area contributed by atoms with Crippen molar-refractivity contribution in [2.75, 3.05) is 18.5 Å². The molecule has 1 N–H and O–H groups in total. The molecule has 0 fully saturated rings. The Balaban J connectivity index is 1.32. The topological polar surface area (TPSA) is 69.2 Å². The van der Waals surface area contributed by atoms with E-state index >= 15 is 0 Å². The highest BCUT2D eigenvalue weighted by Crippen LogP contribution is 2.32. The lowest BCUT2D eigenvalue weighted by Crippen LogP contribution is -2.19. The summed E-state index contributed by atoms with van der Waals surface area (Å²) in [4.78, 5) is 13.3. The fourth-order valence-corrected chi connectivity index (χ4v) is 3.98. The zero-order valence-electron chi connectivity index (χ0n) is 16.4. The van der Waals surface area contributed by atoms with Gasteiger partial charge in [-0.1, -0.05) is 23.7 Å². The van der Waals surface area contributed by atoms with Crippen molar-refractivity contribution in [2.45, 2.75) is 12.6 Å². The number of fused-ring (bicyclic) bond motifs is 1. The summed E-state index contributed by atoms with van der Waals surface area (Å²) in [6, 6.07) is 9.96. The van der Waals surface area contributed by atoms with Crippen LogP contribution in [0.1, 0.15) is 5.56 Å². The van der Waals surface area contributed by atoms with E-state index in [0.717, 1.165) is 22.2 Å². The molecule has 0 aliphatic rings. The van der Waals surface area contributed by atoms with E-state index in [9.17, 15) is 13.2 Å². The van der Waals surface area contributed by atoms with E-state index in [4.69, 9.17) is 21.1 Å². The molecule has 0 saturated carbocycles. The second-order valence-electron chi connectivity index (χ2n) is 6.64. The zero-order chi connectivity index (χ0) is 22.6. The second kappa shape index (κ2) is 9.58. The second-order valence-corrected chi connectivity index (χ2v) is 7.91. The smallest absolute Gasteiger partial charge is 0.422 e.